The molecule has 21 heavy (non-hydrogen) atoms. The molecular formula is C16H22N2O3. The molecule has 0 spiro atoms. The van der Waals surface area contributed by atoms with Crippen molar-refractivity contribution in [2.24, 2.45) is 11.7 Å². The fourth-order valence-electron chi connectivity index (χ4n) is 2.85. The van der Waals surface area contributed by atoms with E-state index in [1.165, 1.54) is 0 Å². The second kappa shape index (κ2) is 6.72. The lowest BCUT2D eigenvalue weighted by Gasteiger charge is -2.27. The maximum atomic E-state index is 11.1. The van der Waals surface area contributed by atoms with Crippen molar-refractivity contribution in [2.45, 2.75) is 45.2 Å². The van der Waals surface area contributed by atoms with Gasteiger partial charge < -0.3 is 16.2 Å². The Hall–Kier alpha value is -1.88. The number of hydrogen-bond acceptors (Lipinski definition) is 3. The summed E-state index contributed by atoms with van der Waals surface area (Å²) in [5, 5.41) is 12.5. The van der Waals surface area contributed by atoms with E-state index >= 15 is 0 Å². The number of nitrogens with one attached hydrogen (secondary N) is 1. The standard InChI is InChI=1S/C16H22N2O3/c1-10-8-12(15(17)19)2-3-13(10)9-18-14-6-4-11(5-7-14)16(20)21/h2-3,8,11,14,18H,4-7,9H2,1H3,(H2,17,19)(H,20,21). The third kappa shape index (κ3) is 4.04. The lowest BCUT2D eigenvalue weighted by Crippen LogP contribution is -2.34. The molecule has 0 aliphatic heterocycles. The summed E-state index contributed by atoms with van der Waals surface area (Å²) >= 11 is 0. The molecule has 0 bridgehead atoms. The maximum Gasteiger partial charge on any atom is 0.306 e. The van der Waals surface area contributed by atoms with Crippen LogP contribution in [0.15, 0.2) is 18.2 Å². The molecule has 5 nitrogen and oxygen atoms in total. The van der Waals surface area contributed by atoms with Crippen LogP contribution in [-0.2, 0) is 11.3 Å². The number of carbonyl (C=O) groups is 2. The molecule has 0 saturated heterocycles. The van der Waals surface area contributed by atoms with Crippen molar-refractivity contribution in [3.8, 4) is 0 Å². The molecule has 1 amide bonds. The maximum absolute atomic E-state index is 11.1. The largest absolute Gasteiger partial charge is 0.481 e. The zero-order chi connectivity index (χ0) is 15.4. The normalized spacial score (nSPS) is 22.0. The number of carbonyl (C=O) groups excluding carboxylic acids is 1. The van der Waals surface area contributed by atoms with Crippen LogP contribution in [0.2, 0.25) is 0 Å². The molecule has 0 radical (unpaired) electrons. The van der Waals surface area contributed by atoms with Gasteiger partial charge in [0.25, 0.3) is 0 Å². The molecular weight excluding hydrogens is 268 g/mol. The van der Waals surface area contributed by atoms with Gasteiger partial charge in [-0.3, -0.25) is 9.59 Å². The summed E-state index contributed by atoms with van der Waals surface area (Å²) in [6.45, 7) is 2.69. The summed E-state index contributed by atoms with van der Waals surface area (Å²) < 4.78 is 0. The van der Waals surface area contributed by atoms with Crippen molar-refractivity contribution in [3.63, 3.8) is 0 Å². The van der Waals surface area contributed by atoms with Gasteiger partial charge in [-0.2, -0.15) is 0 Å². The number of hydrogen-bond donors (Lipinski definition) is 3. The Kier molecular flexibility index (Phi) is 4.96. The highest BCUT2D eigenvalue weighted by Crippen LogP contribution is 2.24. The molecule has 0 aromatic heterocycles. The first-order valence-corrected chi connectivity index (χ1v) is 7.33. The van der Waals surface area contributed by atoms with Crippen LogP contribution in [0.5, 0.6) is 0 Å². The molecule has 1 aromatic rings. The number of aryl methyl sites for hydroxylation is 1. The molecule has 1 aromatic carbocycles. The van der Waals surface area contributed by atoms with Crippen molar-refractivity contribution in [3.05, 3.63) is 34.9 Å². The van der Waals surface area contributed by atoms with Gasteiger partial charge in [-0.15, -0.1) is 0 Å². The molecule has 1 fully saturated rings. The van der Waals surface area contributed by atoms with Crippen LogP contribution in [0, 0.1) is 12.8 Å². The van der Waals surface area contributed by atoms with Crippen molar-refractivity contribution >= 4 is 11.9 Å². The predicted molar refractivity (Wildman–Crippen MR) is 79.9 cm³/mol. The van der Waals surface area contributed by atoms with E-state index < -0.39 is 11.9 Å². The molecule has 0 unspecified atom stereocenters. The number of amides is 1. The second-order valence-corrected chi connectivity index (χ2v) is 5.77. The number of nitrogens with two attached hydrogens (primary N) is 1. The van der Waals surface area contributed by atoms with Crippen molar-refractivity contribution in [1.29, 1.82) is 0 Å². The zero-order valence-electron chi connectivity index (χ0n) is 12.3. The highest BCUT2D eigenvalue weighted by Gasteiger charge is 2.25. The van der Waals surface area contributed by atoms with E-state index in [0.717, 1.165) is 43.4 Å². The summed E-state index contributed by atoms with van der Waals surface area (Å²) in [7, 11) is 0. The van der Waals surface area contributed by atoms with Crippen LogP contribution in [-0.4, -0.2) is 23.0 Å². The van der Waals surface area contributed by atoms with E-state index in [1.54, 1.807) is 12.1 Å². The molecule has 0 heterocycles. The van der Waals surface area contributed by atoms with Gasteiger partial charge >= 0.3 is 5.97 Å². The van der Waals surface area contributed by atoms with Gasteiger partial charge in [-0.25, -0.2) is 0 Å². The fraction of sp³-hybridized carbons (Fsp3) is 0.500. The summed E-state index contributed by atoms with van der Waals surface area (Å²) in [5.41, 5.74) is 7.96. The lowest BCUT2D eigenvalue weighted by molar-refractivity contribution is -0.142. The van der Waals surface area contributed by atoms with E-state index in [9.17, 15) is 9.59 Å². The van der Waals surface area contributed by atoms with Gasteiger partial charge in [0.2, 0.25) is 5.91 Å². The molecule has 2 rings (SSSR count). The average Bonchev–Trinajstić information content (AvgIpc) is 2.46. The molecule has 114 valence electrons. The third-order valence-corrected chi connectivity index (χ3v) is 4.28. The number of carboxylic acid groups (broad SMARTS) is 1. The van der Waals surface area contributed by atoms with Crippen molar-refractivity contribution in [2.75, 3.05) is 0 Å². The van der Waals surface area contributed by atoms with Crippen LogP contribution in [0.4, 0.5) is 0 Å². The number of benzene rings is 1. The Balaban J connectivity index is 1.87. The number of rotatable bonds is 5. The first-order chi connectivity index (χ1) is 9.97. The second-order valence-electron chi connectivity index (χ2n) is 5.77. The summed E-state index contributed by atoms with van der Waals surface area (Å²) in [6, 6.07) is 5.84. The summed E-state index contributed by atoms with van der Waals surface area (Å²) in [5.74, 6) is -1.27. The highest BCUT2D eigenvalue weighted by molar-refractivity contribution is 5.93. The van der Waals surface area contributed by atoms with Crippen LogP contribution in [0.3, 0.4) is 0 Å². The Labute approximate surface area is 124 Å². The fourth-order valence-corrected chi connectivity index (χ4v) is 2.85. The Morgan fingerprint density at radius 3 is 2.48 bits per heavy atom. The first kappa shape index (κ1) is 15.5. The minimum Gasteiger partial charge on any atom is -0.481 e. The average molecular weight is 290 g/mol. The molecule has 4 N–H and O–H groups in total. The zero-order valence-corrected chi connectivity index (χ0v) is 12.3. The van der Waals surface area contributed by atoms with Gasteiger partial charge in [0, 0.05) is 18.2 Å². The molecule has 1 aliphatic rings. The molecule has 1 saturated carbocycles. The quantitative estimate of drug-likeness (QED) is 0.771. The van der Waals surface area contributed by atoms with Crippen LogP contribution >= 0.6 is 0 Å². The molecule has 5 heteroatoms. The highest BCUT2D eigenvalue weighted by atomic mass is 16.4. The van der Waals surface area contributed by atoms with Gasteiger partial charge in [0.1, 0.15) is 0 Å². The van der Waals surface area contributed by atoms with Crippen molar-refractivity contribution in [1.82, 2.24) is 5.32 Å². The summed E-state index contributed by atoms with van der Waals surface area (Å²) in [6.07, 6.45) is 3.28. The van der Waals surface area contributed by atoms with E-state index in [4.69, 9.17) is 10.8 Å². The van der Waals surface area contributed by atoms with Gasteiger partial charge in [-0.1, -0.05) is 6.07 Å². The molecule has 1 aliphatic carbocycles. The summed E-state index contributed by atoms with van der Waals surface area (Å²) in [4.78, 5) is 22.0. The van der Waals surface area contributed by atoms with Gasteiger partial charge in [-0.05, 0) is 55.9 Å². The van der Waals surface area contributed by atoms with Gasteiger partial charge in [0.15, 0.2) is 0 Å². The minimum atomic E-state index is -0.675. The van der Waals surface area contributed by atoms with Crippen molar-refractivity contribution < 1.29 is 14.7 Å². The molecule has 0 atom stereocenters. The smallest absolute Gasteiger partial charge is 0.306 e. The van der Waals surface area contributed by atoms with Crippen LogP contribution in [0.1, 0.15) is 47.2 Å². The van der Waals surface area contributed by atoms with E-state index in [2.05, 4.69) is 5.32 Å². The van der Waals surface area contributed by atoms with Crippen LogP contribution in [0.25, 0.3) is 0 Å². The van der Waals surface area contributed by atoms with Gasteiger partial charge in [0.05, 0.1) is 5.92 Å². The van der Waals surface area contributed by atoms with Crippen LogP contribution < -0.4 is 11.1 Å². The number of primary amides is 1. The predicted octanol–water partition coefficient (Wildman–Crippen LogP) is 1.83. The Bertz CT molecular complexity index is 534. The minimum absolute atomic E-state index is 0.181. The topological polar surface area (TPSA) is 92.4 Å². The first-order valence-electron chi connectivity index (χ1n) is 7.33. The SMILES string of the molecule is Cc1cc(C(N)=O)ccc1CNC1CCC(C(=O)O)CC1. The monoisotopic (exact) mass is 290 g/mol. The number of aliphatic carboxylic acids is 1. The number of carboxylic acids is 1. The van der Waals surface area contributed by atoms with E-state index in [0.29, 0.717) is 11.6 Å². The third-order valence-electron chi connectivity index (χ3n) is 4.28. The Morgan fingerprint density at radius 1 is 1.29 bits per heavy atom. The van der Waals surface area contributed by atoms with E-state index in [1.807, 2.05) is 13.0 Å². The van der Waals surface area contributed by atoms with E-state index in [-0.39, 0.29) is 5.92 Å². The lowest BCUT2D eigenvalue weighted by atomic mass is 9.86. The Morgan fingerprint density at radius 2 is 1.95 bits per heavy atom.